The fourth-order valence-electron chi connectivity index (χ4n) is 3.91. The van der Waals surface area contributed by atoms with Gasteiger partial charge >= 0.3 is 6.03 Å². The topological polar surface area (TPSA) is 113 Å². The lowest BCUT2D eigenvalue weighted by Crippen LogP contribution is -2.71. The Labute approximate surface area is 148 Å². The molecule has 4 heterocycles. The number of aromatic nitrogens is 2. The molecule has 4 amide bonds. The molecule has 0 bridgehead atoms. The van der Waals surface area contributed by atoms with Crippen LogP contribution in [0.2, 0.25) is 0 Å². The maximum Gasteiger partial charge on any atom is 0.328 e. The predicted molar refractivity (Wildman–Crippen MR) is 91.8 cm³/mol. The normalized spacial score (nSPS) is 21.5. The van der Waals surface area contributed by atoms with Crippen molar-refractivity contribution >= 4 is 29.3 Å². The van der Waals surface area contributed by atoms with Crippen molar-refractivity contribution < 1.29 is 14.4 Å². The Balaban J connectivity index is 1.99. The van der Waals surface area contributed by atoms with Gasteiger partial charge in [0.1, 0.15) is 11.5 Å². The summed E-state index contributed by atoms with van der Waals surface area (Å²) in [7, 11) is 0. The lowest BCUT2D eigenvalue weighted by atomic mass is 9.70. The average Bonchev–Trinajstić information content (AvgIpc) is 2.60. The van der Waals surface area contributed by atoms with E-state index in [4.69, 9.17) is 0 Å². The van der Waals surface area contributed by atoms with E-state index in [9.17, 15) is 19.2 Å². The average molecular weight is 355 g/mol. The zero-order valence-corrected chi connectivity index (χ0v) is 14.3. The van der Waals surface area contributed by atoms with Crippen LogP contribution in [0.1, 0.15) is 19.4 Å². The quantitative estimate of drug-likeness (QED) is 0.686. The molecule has 2 aliphatic rings. The van der Waals surface area contributed by atoms with Gasteiger partial charge in [0, 0.05) is 19.2 Å². The second-order valence-electron chi connectivity index (χ2n) is 6.50. The van der Waals surface area contributed by atoms with Crippen LogP contribution in [-0.4, -0.2) is 39.8 Å². The molecular formula is C17H17N5O4. The molecule has 0 aliphatic carbocycles. The number of hydrogen-bond donors (Lipinski definition) is 2. The summed E-state index contributed by atoms with van der Waals surface area (Å²) >= 11 is 0. The van der Waals surface area contributed by atoms with Crippen molar-refractivity contribution in [2.24, 2.45) is 5.41 Å². The molecule has 0 radical (unpaired) electrons. The monoisotopic (exact) mass is 355 g/mol. The second-order valence-corrected chi connectivity index (χ2v) is 6.50. The lowest BCUT2D eigenvalue weighted by molar-refractivity contribution is -0.146. The van der Waals surface area contributed by atoms with Gasteiger partial charge in [-0.05, 0) is 26.0 Å². The summed E-state index contributed by atoms with van der Waals surface area (Å²) in [6.07, 6.45) is 1.48. The standard InChI is InChI=1S/C17H17N5O4/c1-3-21-9(2)17(14(24)19-16(26)20-15(17)25)8-10-12(21)18-11-6-4-5-7-22(11)13(10)23/h4-7,9H,3,8H2,1-2H3,(H2,19,20,24,25,26)/t9-/m0/s1. The van der Waals surface area contributed by atoms with E-state index in [1.807, 2.05) is 6.92 Å². The van der Waals surface area contributed by atoms with E-state index < -0.39 is 29.3 Å². The van der Waals surface area contributed by atoms with Gasteiger partial charge in [-0.2, -0.15) is 0 Å². The first-order valence-corrected chi connectivity index (χ1v) is 8.34. The number of pyridine rings is 1. The minimum Gasteiger partial charge on any atom is -0.352 e. The summed E-state index contributed by atoms with van der Waals surface area (Å²) in [5.74, 6) is -0.917. The van der Waals surface area contributed by atoms with Gasteiger partial charge in [0.25, 0.3) is 5.56 Å². The number of nitrogens with one attached hydrogen (secondary N) is 2. The molecule has 1 atom stereocenters. The van der Waals surface area contributed by atoms with E-state index in [0.29, 0.717) is 18.0 Å². The Morgan fingerprint density at radius 1 is 1.19 bits per heavy atom. The van der Waals surface area contributed by atoms with E-state index in [2.05, 4.69) is 15.6 Å². The van der Waals surface area contributed by atoms with Crippen LogP contribution in [0.3, 0.4) is 0 Å². The van der Waals surface area contributed by atoms with Crippen LogP contribution in [0.25, 0.3) is 5.65 Å². The number of rotatable bonds is 1. The van der Waals surface area contributed by atoms with Gasteiger partial charge in [-0.25, -0.2) is 9.78 Å². The van der Waals surface area contributed by atoms with Crippen molar-refractivity contribution in [1.29, 1.82) is 0 Å². The van der Waals surface area contributed by atoms with Gasteiger partial charge in [0.05, 0.1) is 11.6 Å². The van der Waals surface area contributed by atoms with Crippen LogP contribution in [-0.2, 0) is 16.0 Å². The fraction of sp³-hybridized carbons (Fsp3) is 0.353. The first-order chi connectivity index (χ1) is 12.4. The van der Waals surface area contributed by atoms with Gasteiger partial charge in [-0.3, -0.25) is 29.4 Å². The molecule has 1 spiro atoms. The van der Waals surface area contributed by atoms with E-state index in [0.717, 1.165) is 0 Å². The number of anilines is 1. The van der Waals surface area contributed by atoms with Gasteiger partial charge in [0.2, 0.25) is 11.8 Å². The maximum absolute atomic E-state index is 13.0. The molecule has 2 aromatic rings. The molecule has 0 saturated carbocycles. The maximum atomic E-state index is 13.0. The summed E-state index contributed by atoms with van der Waals surface area (Å²) in [6.45, 7) is 4.04. The molecule has 9 heteroatoms. The SMILES string of the molecule is CCN1c2nc3ccccn3c(=O)c2CC2(C(=O)NC(=O)NC2=O)[C@@H]1C. The van der Waals surface area contributed by atoms with Crippen LogP contribution in [0.15, 0.2) is 29.2 Å². The van der Waals surface area contributed by atoms with E-state index >= 15 is 0 Å². The second kappa shape index (κ2) is 5.38. The summed E-state index contributed by atoms with van der Waals surface area (Å²) in [5, 5.41) is 4.33. The molecule has 0 unspecified atom stereocenters. The highest BCUT2D eigenvalue weighted by Crippen LogP contribution is 2.40. The van der Waals surface area contributed by atoms with E-state index in [1.54, 1.807) is 36.2 Å². The number of barbiturate groups is 1. The van der Waals surface area contributed by atoms with Crippen LogP contribution in [0.5, 0.6) is 0 Å². The Morgan fingerprint density at radius 2 is 1.88 bits per heavy atom. The Morgan fingerprint density at radius 3 is 2.54 bits per heavy atom. The molecule has 0 aromatic carbocycles. The molecule has 26 heavy (non-hydrogen) atoms. The van der Waals surface area contributed by atoms with Crippen molar-refractivity contribution in [3.05, 3.63) is 40.3 Å². The largest absolute Gasteiger partial charge is 0.352 e. The summed E-state index contributed by atoms with van der Waals surface area (Å²) in [5.41, 5.74) is -1.12. The van der Waals surface area contributed by atoms with E-state index in [-0.39, 0.29) is 17.5 Å². The summed E-state index contributed by atoms with van der Waals surface area (Å²) in [6, 6.07) is 3.79. The minimum atomic E-state index is -1.57. The molecule has 1 fully saturated rings. The minimum absolute atomic E-state index is 0.116. The van der Waals surface area contributed by atoms with Crippen molar-refractivity contribution in [2.75, 3.05) is 11.4 Å². The van der Waals surface area contributed by atoms with Crippen molar-refractivity contribution in [1.82, 2.24) is 20.0 Å². The van der Waals surface area contributed by atoms with E-state index in [1.165, 1.54) is 4.40 Å². The number of imide groups is 2. The van der Waals surface area contributed by atoms with Crippen molar-refractivity contribution in [3.63, 3.8) is 0 Å². The Bertz CT molecular complexity index is 1010. The highest BCUT2D eigenvalue weighted by molar-refractivity contribution is 6.20. The van der Waals surface area contributed by atoms with Crippen LogP contribution >= 0.6 is 0 Å². The summed E-state index contributed by atoms with van der Waals surface area (Å²) < 4.78 is 1.39. The molecule has 4 rings (SSSR count). The lowest BCUT2D eigenvalue weighted by Gasteiger charge is -2.47. The number of nitrogens with zero attached hydrogens (tertiary/aromatic N) is 3. The highest BCUT2D eigenvalue weighted by Gasteiger charge is 2.59. The number of carbonyl (C=O) groups excluding carboxylic acids is 3. The van der Waals surface area contributed by atoms with Gasteiger partial charge in [-0.1, -0.05) is 6.07 Å². The third kappa shape index (κ3) is 1.94. The third-order valence-corrected chi connectivity index (χ3v) is 5.32. The zero-order chi connectivity index (χ0) is 18.6. The van der Waals surface area contributed by atoms with Gasteiger partial charge in [0.15, 0.2) is 5.41 Å². The van der Waals surface area contributed by atoms with Gasteiger partial charge < -0.3 is 4.90 Å². The molecular weight excluding hydrogens is 338 g/mol. The van der Waals surface area contributed by atoms with Crippen molar-refractivity contribution in [2.45, 2.75) is 26.3 Å². The third-order valence-electron chi connectivity index (χ3n) is 5.32. The van der Waals surface area contributed by atoms with Crippen LogP contribution in [0.4, 0.5) is 10.6 Å². The Hall–Kier alpha value is -3.23. The zero-order valence-electron chi connectivity index (χ0n) is 14.3. The molecule has 134 valence electrons. The molecule has 9 nitrogen and oxygen atoms in total. The number of hydrogen-bond acceptors (Lipinski definition) is 6. The van der Waals surface area contributed by atoms with Crippen LogP contribution in [0, 0.1) is 5.41 Å². The number of fused-ring (bicyclic) bond motifs is 2. The first kappa shape index (κ1) is 16.2. The van der Waals surface area contributed by atoms with Crippen LogP contribution < -0.4 is 21.1 Å². The van der Waals surface area contributed by atoms with Crippen molar-refractivity contribution in [3.8, 4) is 0 Å². The molecule has 1 saturated heterocycles. The Kier molecular flexibility index (Phi) is 3.36. The molecule has 2 aromatic heterocycles. The number of urea groups is 1. The molecule has 2 aliphatic heterocycles. The first-order valence-electron chi connectivity index (χ1n) is 8.34. The number of amides is 4. The van der Waals surface area contributed by atoms with Gasteiger partial charge in [-0.15, -0.1) is 0 Å². The highest BCUT2D eigenvalue weighted by atomic mass is 16.2. The fourth-order valence-corrected chi connectivity index (χ4v) is 3.91. The predicted octanol–water partition coefficient (Wildman–Crippen LogP) is -0.182. The smallest absolute Gasteiger partial charge is 0.328 e. The number of carbonyl (C=O) groups is 3. The molecule has 2 N–H and O–H groups in total. The summed E-state index contributed by atoms with van der Waals surface area (Å²) in [4.78, 5) is 56.3.